The normalized spacial score (nSPS) is 13.1. The lowest BCUT2D eigenvalue weighted by atomic mass is 10.0. The molecule has 0 unspecified atom stereocenters. The van der Waals surface area contributed by atoms with Crippen molar-refractivity contribution < 1.29 is 14.7 Å². The number of hydrogen-bond acceptors (Lipinski definition) is 4. The Morgan fingerprint density at radius 3 is 2.29 bits per heavy atom. The minimum Gasteiger partial charge on any atom is -0.508 e. The number of phenols is 1. The van der Waals surface area contributed by atoms with Crippen molar-refractivity contribution in [2.45, 2.75) is 22.8 Å². The number of rotatable bonds is 4. The van der Waals surface area contributed by atoms with Crippen molar-refractivity contribution in [3.63, 3.8) is 0 Å². The molecule has 1 heterocycles. The summed E-state index contributed by atoms with van der Waals surface area (Å²) in [4.78, 5) is 27.4. The van der Waals surface area contributed by atoms with E-state index in [0.29, 0.717) is 16.8 Å². The number of benzene rings is 4. The molecule has 2 amide bonds. The van der Waals surface area contributed by atoms with Gasteiger partial charge in [-0.05, 0) is 66.1 Å². The zero-order valence-corrected chi connectivity index (χ0v) is 19.2. The van der Waals surface area contributed by atoms with E-state index in [1.807, 2.05) is 67.6 Å². The van der Waals surface area contributed by atoms with E-state index >= 15 is 0 Å². The third kappa shape index (κ3) is 4.40. The molecule has 4 aromatic carbocycles. The quantitative estimate of drug-likeness (QED) is 0.331. The van der Waals surface area contributed by atoms with Gasteiger partial charge in [-0.15, -0.1) is 0 Å². The van der Waals surface area contributed by atoms with Gasteiger partial charge in [-0.2, -0.15) is 0 Å². The van der Waals surface area contributed by atoms with E-state index < -0.39 is 0 Å². The maximum Gasteiger partial charge on any atom is 0.256 e. The molecule has 0 spiro atoms. The van der Waals surface area contributed by atoms with Gasteiger partial charge in [0.1, 0.15) is 5.75 Å². The highest BCUT2D eigenvalue weighted by atomic mass is 32.2. The second-order valence-electron chi connectivity index (χ2n) is 8.13. The predicted molar refractivity (Wildman–Crippen MR) is 134 cm³/mol. The molecule has 0 aliphatic carbocycles. The molecular weight excluding hydrogens is 444 g/mol. The van der Waals surface area contributed by atoms with Gasteiger partial charge < -0.3 is 15.7 Å². The van der Waals surface area contributed by atoms with Crippen LogP contribution in [0.25, 0.3) is 11.1 Å². The first-order valence-electron chi connectivity index (χ1n) is 10.9. The fraction of sp³-hybridized carbons (Fsp3) is 0.0714. The Labute approximate surface area is 201 Å². The van der Waals surface area contributed by atoms with Gasteiger partial charge >= 0.3 is 0 Å². The van der Waals surface area contributed by atoms with Gasteiger partial charge in [0.2, 0.25) is 0 Å². The van der Waals surface area contributed by atoms with E-state index in [1.165, 1.54) is 11.8 Å². The molecule has 0 saturated carbocycles. The van der Waals surface area contributed by atoms with E-state index in [1.54, 1.807) is 30.3 Å². The van der Waals surface area contributed by atoms with Crippen LogP contribution in [0.4, 0.5) is 5.69 Å². The predicted octanol–water partition coefficient (Wildman–Crippen LogP) is 6.27. The number of carbonyl (C=O) groups excluding carboxylic acids is 2. The van der Waals surface area contributed by atoms with Gasteiger partial charge in [-0.3, -0.25) is 9.59 Å². The number of hydrogen-bond donors (Lipinski definition) is 3. The van der Waals surface area contributed by atoms with Crippen molar-refractivity contribution in [1.82, 2.24) is 5.32 Å². The van der Waals surface area contributed by atoms with Crippen LogP contribution in [0.5, 0.6) is 5.75 Å². The summed E-state index contributed by atoms with van der Waals surface area (Å²) < 4.78 is 0. The lowest BCUT2D eigenvalue weighted by Crippen LogP contribution is -2.26. The van der Waals surface area contributed by atoms with Crippen LogP contribution in [0.15, 0.2) is 101 Å². The van der Waals surface area contributed by atoms with Crippen molar-refractivity contribution in [2.75, 3.05) is 5.32 Å². The Balaban J connectivity index is 1.30. The van der Waals surface area contributed by atoms with E-state index in [0.717, 1.165) is 26.5 Å². The van der Waals surface area contributed by atoms with E-state index in [4.69, 9.17) is 0 Å². The van der Waals surface area contributed by atoms with Crippen molar-refractivity contribution in [1.29, 1.82) is 0 Å². The van der Waals surface area contributed by atoms with Gasteiger partial charge in [-0.25, -0.2) is 0 Å². The lowest BCUT2D eigenvalue weighted by molar-refractivity contribution is 0.0938. The summed E-state index contributed by atoms with van der Waals surface area (Å²) in [5.41, 5.74) is 4.75. The highest BCUT2D eigenvalue weighted by Gasteiger charge is 2.21. The molecular formula is C28H22N2O3S. The van der Waals surface area contributed by atoms with E-state index in [9.17, 15) is 14.7 Å². The number of nitrogens with one attached hydrogen (secondary N) is 2. The fourth-order valence-corrected chi connectivity index (χ4v) is 4.90. The smallest absolute Gasteiger partial charge is 0.256 e. The summed E-state index contributed by atoms with van der Waals surface area (Å²) in [6.07, 6.45) is 0. The zero-order chi connectivity index (χ0) is 23.7. The Kier molecular flexibility index (Phi) is 5.82. The molecule has 0 fully saturated rings. The molecule has 1 atom stereocenters. The minimum atomic E-state index is -0.209. The Morgan fingerprint density at radius 2 is 1.56 bits per heavy atom. The zero-order valence-electron chi connectivity index (χ0n) is 18.4. The average molecular weight is 467 g/mol. The number of carbonyl (C=O) groups is 2. The van der Waals surface area contributed by atoms with Crippen molar-refractivity contribution in [3.8, 4) is 16.9 Å². The number of amides is 2. The first-order valence-corrected chi connectivity index (χ1v) is 11.7. The molecule has 5 rings (SSSR count). The van der Waals surface area contributed by atoms with Crippen LogP contribution in [0.3, 0.4) is 0 Å². The third-order valence-electron chi connectivity index (χ3n) is 5.80. The Morgan fingerprint density at radius 1 is 0.882 bits per heavy atom. The molecule has 6 heteroatoms. The SMILES string of the molecule is C[C@H](NC(=O)c1ccc2c(c1)NC(=O)c1ccccc1S2)c1ccc(-c2ccc(O)cc2)cc1. The number of aromatic hydroxyl groups is 1. The summed E-state index contributed by atoms with van der Waals surface area (Å²) in [5.74, 6) is -0.155. The number of fused-ring (bicyclic) bond motifs is 2. The van der Waals surface area contributed by atoms with Crippen LogP contribution >= 0.6 is 11.8 Å². The maximum atomic E-state index is 13.0. The Hall–Kier alpha value is -4.03. The molecule has 0 aromatic heterocycles. The summed E-state index contributed by atoms with van der Waals surface area (Å²) >= 11 is 1.51. The minimum absolute atomic E-state index is 0.179. The molecule has 3 N–H and O–H groups in total. The molecule has 1 aliphatic rings. The second-order valence-corrected chi connectivity index (χ2v) is 9.21. The van der Waals surface area contributed by atoms with Crippen molar-refractivity contribution in [3.05, 3.63) is 108 Å². The molecule has 168 valence electrons. The number of anilines is 1. The van der Waals surface area contributed by atoms with E-state index in [-0.39, 0.29) is 23.6 Å². The highest BCUT2D eigenvalue weighted by molar-refractivity contribution is 7.99. The van der Waals surface area contributed by atoms with Gasteiger partial charge in [0.15, 0.2) is 0 Å². The first kappa shape index (κ1) is 21.8. The molecule has 0 bridgehead atoms. The van der Waals surface area contributed by atoms with Crippen LogP contribution in [0, 0.1) is 0 Å². The van der Waals surface area contributed by atoms with Gasteiger partial charge in [0.05, 0.1) is 17.3 Å². The third-order valence-corrected chi connectivity index (χ3v) is 6.95. The highest BCUT2D eigenvalue weighted by Crippen LogP contribution is 2.39. The molecule has 0 saturated heterocycles. The number of phenolic OH excluding ortho intramolecular Hbond substituents is 1. The molecule has 5 nitrogen and oxygen atoms in total. The maximum absolute atomic E-state index is 13.0. The summed E-state index contributed by atoms with van der Waals surface area (Å²) in [6, 6.07) is 27.6. The monoisotopic (exact) mass is 466 g/mol. The van der Waals surface area contributed by atoms with Crippen LogP contribution in [0.1, 0.15) is 39.2 Å². The standard InChI is InChI=1S/C28H22N2O3S/c1-17(18-6-8-19(9-7-18)20-10-13-22(31)14-11-20)29-27(32)21-12-15-26-24(16-21)30-28(33)23-4-2-3-5-25(23)34-26/h2-17,31H,1H3,(H,29,32)(H,30,33)/t17-/m0/s1. The molecule has 0 radical (unpaired) electrons. The second kappa shape index (κ2) is 9.08. The molecule has 1 aliphatic heterocycles. The molecule has 4 aromatic rings. The van der Waals surface area contributed by atoms with Crippen molar-refractivity contribution >= 4 is 29.3 Å². The first-order chi connectivity index (χ1) is 16.5. The van der Waals surface area contributed by atoms with Crippen LogP contribution in [-0.4, -0.2) is 16.9 Å². The Bertz CT molecular complexity index is 1380. The fourth-order valence-electron chi connectivity index (χ4n) is 3.89. The molecule has 34 heavy (non-hydrogen) atoms. The average Bonchev–Trinajstić information content (AvgIpc) is 2.99. The lowest BCUT2D eigenvalue weighted by Gasteiger charge is -2.16. The van der Waals surface area contributed by atoms with Crippen LogP contribution in [0.2, 0.25) is 0 Å². The van der Waals surface area contributed by atoms with Crippen LogP contribution in [-0.2, 0) is 0 Å². The topological polar surface area (TPSA) is 78.4 Å². The van der Waals surface area contributed by atoms with Gasteiger partial charge in [0.25, 0.3) is 11.8 Å². The largest absolute Gasteiger partial charge is 0.508 e. The summed E-state index contributed by atoms with van der Waals surface area (Å²) in [5, 5.41) is 15.4. The summed E-state index contributed by atoms with van der Waals surface area (Å²) in [6.45, 7) is 1.94. The van der Waals surface area contributed by atoms with Gasteiger partial charge in [-0.1, -0.05) is 60.3 Å². The van der Waals surface area contributed by atoms with Gasteiger partial charge in [0, 0.05) is 15.4 Å². The summed E-state index contributed by atoms with van der Waals surface area (Å²) in [7, 11) is 0. The van der Waals surface area contributed by atoms with E-state index in [2.05, 4.69) is 10.6 Å². The van der Waals surface area contributed by atoms with Crippen LogP contribution < -0.4 is 10.6 Å². The van der Waals surface area contributed by atoms with Crippen molar-refractivity contribution in [2.24, 2.45) is 0 Å².